The van der Waals surface area contributed by atoms with E-state index in [4.69, 9.17) is 16.0 Å². The lowest BCUT2D eigenvalue weighted by molar-refractivity contribution is 0.0985. The molecule has 2 aromatic heterocycles. The highest BCUT2D eigenvalue weighted by molar-refractivity contribution is 7.99. The fourth-order valence-electron chi connectivity index (χ4n) is 2.68. The van der Waals surface area contributed by atoms with E-state index in [9.17, 15) is 13.2 Å². The van der Waals surface area contributed by atoms with E-state index in [-0.39, 0.29) is 26.2 Å². The van der Waals surface area contributed by atoms with Crippen molar-refractivity contribution in [1.82, 2.24) is 14.9 Å². The zero-order valence-corrected chi connectivity index (χ0v) is 18.9. The molecular formula is C20H14ClN3O4S3. The number of aromatic nitrogens is 2. The van der Waals surface area contributed by atoms with E-state index in [1.54, 1.807) is 17.5 Å². The van der Waals surface area contributed by atoms with Crippen molar-refractivity contribution in [3.05, 3.63) is 81.8 Å². The van der Waals surface area contributed by atoms with Crippen molar-refractivity contribution in [1.29, 1.82) is 0 Å². The summed E-state index contributed by atoms with van der Waals surface area (Å²) in [5.74, 6) is -0.118. The Labute approximate surface area is 191 Å². The van der Waals surface area contributed by atoms with Gasteiger partial charge in [-0.15, -0.1) is 33.3 Å². The van der Waals surface area contributed by atoms with E-state index in [1.807, 2.05) is 30.3 Å². The molecule has 4 rings (SSSR count). The molecule has 2 heterocycles. The number of rotatable bonds is 7. The zero-order chi connectivity index (χ0) is 21.8. The van der Waals surface area contributed by atoms with Gasteiger partial charge in [0.05, 0.1) is 15.5 Å². The van der Waals surface area contributed by atoms with Gasteiger partial charge in [0, 0.05) is 10.6 Å². The van der Waals surface area contributed by atoms with E-state index < -0.39 is 15.9 Å². The SMILES string of the molecule is O=C(NS(=O)(=O)c1cc(-c2nnco2)c(Cl)cc1SCc1ccccc1)c1cccs1. The Kier molecular flexibility index (Phi) is 6.42. The molecule has 31 heavy (non-hydrogen) atoms. The minimum atomic E-state index is -4.21. The molecule has 158 valence electrons. The predicted octanol–water partition coefficient (Wildman–Crippen LogP) is 4.86. The van der Waals surface area contributed by atoms with Crippen LogP contribution in [-0.2, 0) is 15.8 Å². The van der Waals surface area contributed by atoms with Gasteiger partial charge in [-0.05, 0) is 29.1 Å². The third-order valence-electron chi connectivity index (χ3n) is 4.12. The highest BCUT2D eigenvalue weighted by Crippen LogP contribution is 2.37. The number of nitrogens with zero attached hydrogens (tertiary/aromatic N) is 2. The molecule has 1 N–H and O–H groups in total. The molecule has 0 saturated carbocycles. The monoisotopic (exact) mass is 491 g/mol. The fraction of sp³-hybridized carbons (Fsp3) is 0.0500. The van der Waals surface area contributed by atoms with Crippen LogP contribution in [0.3, 0.4) is 0 Å². The molecule has 0 unspecified atom stereocenters. The smallest absolute Gasteiger partial charge is 0.275 e. The second-order valence-electron chi connectivity index (χ2n) is 6.21. The first-order valence-electron chi connectivity index (χ1n) is 8.81. The summed E-state index contributed by atoms with van der Waals surface area (Å²) in [5, 5.41) is 9.37. The summed E-state index contributed by atoms with van der Waals surface area (Å²) >= 11 is 8.83. The second kappa shape index (κ2) is 9.23. The van der Waals surface area contributed by atoms with Crippen LogP contribution in [0.15, 0.2) is 80.6 Å². The topological polar surface area (TPSA) is 102 Å². The fourth-order valence-corrected chi connectivity index (χ4v) is 6.16. The number of thiophene rings is 1. The van der Waals surface area contributed by atoms with Gasteiger partial charge in [0.25, 0.3) is 15.9 Å². The molecule has 0 aliphatic rings. The first-order valence-corrected chi connectivity index (χ1v) is 12.5. The lowest BCUT2D eigenvalue weighted by Crippen LogP contribution is -2.30. The third kappa shape index (κ3) is 4.99. The van der Waals surface area contributed by atoms with E-state index in [1.165, 1.54) is 23.9 Å². The van der Waals surface area contributed by atoms with Gasteiger partial charge >= 0.3 is 0 Å². The molecule has 2 aromatic carbocycles. The van der Waals surface area contributed by atoms with Gasteiger partial charge in [-0.1, -0.05) is 48.0 Å². The van der Waals surface area contributed by atoms with E-state index in [2.05, 4.69) is 14.9 Å². The van der Waals surface area contributed by atoms with E-state index in [0.29, 0.717) is 10.6 Å². The highest BCUT2D eigenvalue weighted by atomic mass is 35.5. The first kappa shape index (κ1) is 21.6. The number of amides is 1. The van der Waals surface area contributed by atoms with Crippen molar-refractivity contribution in [2.45, 2.75) is 15.5 Å². The number of sulfonamides is 1. The van der Waals surface area contributed by atoms with Crippen LogP contribution < -0.4 is 4.72 Å². The number of nitrogens with one attached hydrogen (secondary N) is 1. The number of hydrogen-bond acceptors (Lipinski definition) is 8. The summed E-state index contributed by atoms with van der Waals surface area (Å²) in [4.78, 5) is 13.0. The Morgan fingerprint density at radius 1 is 1.16 bits per heavy atom. The van der Waals surface area contributed by atoms with Gasteiger partial charge < -0.3 is 4.42 Å². The maximum atomic E-state index is 13.2. The molecule has 0 bridgehead atoms. The predicted molar refractivity (Wildman–Crippen MR) is 120 cm³/mol. The van der Waals surface area contributed by atoms with Gasteiger partial charge in [-0.25, -0.2) is 13.1 Å². The van der Waals surface area contributed by atoms with E-state index >= 15 is 0 Å². The number of thioether (sulfide) groups is 1. The van der Waals surface area contributed by atoms with Crippen LogP contribution in [0.5, 0.6) is 0 Å². The Morgan fingerprint density at radius 3 is 2.65 bits per heavy atom. The Morgan fingerprint density at radius 2 is 1.97 bits per heavy atom. The molecule has 1 amide bonds. The maximum absolute atomic E-state index is 13.2. The average Bonchev–Trinajstić information content (AvgIpc) is 3.47. The van der Waals surface area contributed by atoms with Crippen molar-refractivity contribution >= 4 is 50.6 Å². The normalized spacial score (nSPS) is 11.4. The lowest BCUT2D eigenvalue weighted by atomic mass is 10.2. The number of carbonyl (C=O) groups is 1. The second-order valence-corrected chi connectivity index (χ2v) is 10.2. The number of carbonyl (C=O) groups excluding carboxylic acids is 1. The summed E-state index contributed by atoms with van der Waals surface area (Å²) < 4.78 is 33.6. The quantitative estimate of drug-likeness (QED) is 0.368. The summed E-state index contributed by atoms with van der Waals surface area (Å²) in [7, 11) is -4.21. The van der Waals surface area contributed by atoms with Crippen molar-refractivity contribution in [2.75, 3.05) is 0 Å². The average molecular weight is 492 g/mol. The van der Waals surface area contributed by atoms with Crippen molar-refractivity contribution in [2.24, 2.45) is 0 Å². The molecule has 0 aliphatic carbocycles. The number of hydrogen-bond donors (Lipinski definition) is 1. The molecule has 0 aliphatic heterocycles. The van der Waals surface area contributed by atoms with Gasteiger partial charge in [-0.3, -0.25) is 4.79 Å². The minimum Gasteiger partial charge on any atom is -0.423 e. The number of benzene rings is 2. The Balaban J connectivity index is 1.73. The van der Waals surface area contributed by atoms with Crippen molar-refractivity contribution in [3.8, 4) is 11.5 Å². The largest absolute Gasteiger partial charge is 0.423 e. The van der Waals surface area contributed by atoms with Crippen molar-refractivity contribution in [3.63, 3.8) is 0 Å². The van der Waals surface area contributed by atoms with Crippen molar-refractivity contribution < 1.29 is 17.6 Å². The molecule has 4 aromatic rings. The summed E-state index contributed by atoms with van der Waals surface area (Å²) in [6, 6.07) is 15.7. The van der Waals surface area contributed by atoms with Crippen LogP contribution in [0, 0.1) is 0 Å². The Bertz CT molecular complexity index is 1290. The lowest BCUT2D eigenvalue weighted by Gasteiger charge is -2.13. The van der Waals surface area contributed by atoms with Crippen LogP contribution >= 0.6 is 34.7 Å². The Hall–Kier alpha value is -2.66. The maximum Gasteiger partial charge on any atom is 0.275 e. The van der Waals surface area contributed by atoms with Gasteiger partial charge in [0.2, 0.25) is 12.3 Å². The molecule has 0 atom stereocenters. The highest BCUT2D eigenvalue weighted by Gasteiger charge is 2.26. The zero-order valence-electron chi connectivity index (χ0n) is 15.7. The van der Waals surface area contributed by atoms with Gasteiger partial charge in [0.1, 0.15) is 4.90 Å². The molecule has 7 nitrogen and oxygen atoms in total. The molecule has 0 fully saturated rings. The van der Waals surface area contributed by atoms with Gasteiger partial charge in [0.15, 0.2) is 0 Å². The summed E-state index contributed by atoms with van der Waals surface area (Å²) in [5.41, 5.74) is 1.27. The number of halogens is 1. The molecule has 11 heteroatoms. The first-order chi connectivity index (χ1) is 14.9. The minimum absolute atomic E-state index is 0.0747. The van der Waals surface area contributed by atoms with Crippen LogP contribution in [0.25, 0.3) is 11.5 Å². The van der Waals surface area contributed by atoms with Gasteiger partial charge in [-0.2, -0.15) is 0 Å². The van der Waals surface area contributed by atoms with Crippen LogP contribution in [0.1, 0.15) is 15.2 Å². The molecular weight excluding hydrogens is 478 g/mol. The molecule has 0 saturated heterocycles. The summed E-state index contributed by atoms with van der Waals surface area (Å²) in [6.07, 6.45) is 1.12. The van der Waals surface area contributed by atoms with E-state index in [0.717, 1.165) is 23.3 Å². The van der Waals surface area contributed by atoms with Crippen LogP contribution in [0.2, 0.25) is 5.02 Å². The summed E-state index contributed by atoms with van der Waals surface area (Å²) in [6.45, 7) is 0. The van der Waals surface area contributed by atoms with Crippen LogP contribution in [-0.4, -0.2) is 24.5 Å². The third-order valence-corrected chi connectivity index (χ3v) is 7.93. The van der Waals surface area contributed by atoms with Crippen LogP contribution in [0.4, 0.5) is 0 Å². The molecule has 0 radical (unpaired) electrons. The molecule has 0 spiro atoms. The standard InChI is InChI=1S/C20H14ClN3O4S3/c21-15-10-17(30-11-13-5-2-1-3-6-13)18(9-14(15)20-23-22-12-28-20)31(26,27)24-19(25)16-7-4-8-29-16/h1-10,12H,11H2,(H,24,25).